The van der Waals surface area contributed by atoms with E-state index in [2.05, 4.69) is 57.5 Å². The third-order valence-electron chi connectivity index (χ3n) is 3.13. The number of aryl methyl sites for hydroxylation is 1. The number of benzene rings is 1. The molecule has 0 saturated carbocycles. The Balaban J connectivity index is 1.82. The van der Waals surface area contributed by atoms with Crippen LogP contribution in [-0.4, -0.2) is 37.6 Å². The van der Waals surface area contributed by atoms with Crippen LogP contribution < -0.4 is 5.32 Å². The summed E-state index contributed by atoms with van der Waals surface area (Å²) in [6.45, 7) is 3.47. The topological polar surface area (TPSA) is 15.3 Å². The zero-order valence-electron chi connectivity index (χ0n) is 9.75. The summed E-state index contributed by atoms with van der Waals surface area (Å²) in [4.78, 5) is 2.40. The first kappa shape index (κ1) is 12.1. The predicted octanol–water partition coefficient (Wildman–Crippen LogP) is 2.29. The fourth-order valence-corrected chi connectivity index (χ4v) is 2.66. The summed E-state index contributed by atoms with van der Waals surface area (Å²) in [5.74, 6) is 0. The lowest BCUT2D eigenvalue weighted by Gasteiger charge is -2.30. The van der Waals surface area contributed by atoms with Crippen molar-refractivity contribution in [3.05, 3.63) is 34.3 Å². The average molecular weight is 283 g/mol. The number of hydrogen-bond acceptors (Lipinski definition) is 2. The molecule has 2 rings (SSSR count). The second-order valence-electron chi connectivity index (χ2n) is 4.58. The third kappa shape index (κ3) is 3.58. The number of nitrogens with zero attached hydrogens (tertiary/aromatic N) is 1. The molecule has 1 atom stereocenters. The second-order valence-corrected chi connectivity index (χ2v) is 5.50. The van der Waals surface area contributed by atoms with E-state index in [4.69, 9.17) is 0 Å². The molecule has 88 valence electrons. The quantitative estimate of drug-likeness (QED) is 0.915. The number of piperazine rings is 1. The first-order valence-corrected chi connectivity index (χ1v) is 6.70. The molecule has 2 nitrogen and oxygen atoms in total. The van der Waals surface area contributed by atoms with Gasteiger partial charge in [-0.3, -0.25) is 0 Å². The molecule has 0 aromatic heterocycles. The van der Waals surface area contributed by atoms with Crippen molar-refractivity contribution in [1.29, 1.82) is 0 Å². The van der Waals surface area contributed by atoms with Gasteiger partial charge in [-0.15, -0.1) is 0 Å². The van der Waals surface area contributed by atoms with Gasteiger partial charge in [-0.05, 0) is 37.6 Å². The van der Waals surface area contributed by atoms with Gasteiger partial charge in [-0.1, -0.05) is 28.1 Å². The van der Waals surface area contributed by atoms with Crippen LogP contribution in [0, 0.1) is 0 Å². The van der Waals surface area contributed by atoms with Gasteiger partial charge in [0.15, 0.2) is 0 Å². The van der Waals surface area contributed by atoms with Gasteiger partial charge in [0.05, 0.1) is 0 Å². The predicted molar refractivity (Wildman–Crippen MR) is 71.8 cm³/mol. The van der Waals surface area contributed by atoms with Gasteiger partial charge in [0.25, 0.3) is 0 Å². The summed E-state index contributed by atoms with van der Waals surface area (Å²) in [6.07, 6.45) is 2.38. The Morgan fingerprint density at radius 2 is 2.38 bits per heavy atom. The summed E-state index contributed by atoms with van der Waals surface area (Å²) in [7, 11) is 2.20. The Bertz CT molecular complexity index is 340. The number of rotatable bonds is 3. The number of likely N-dealkylation sites (N-methyl/N-ethyl adjacent to an activating group) is 1. The van der Waals surface area contributed by atoms with E-state index in [1.54, 1.807) is 0 Å². The van der Waals surface area contributed by atoms with Gasteiger partial charge < -0.3 is 10.2 Å². The minimum absolute atomic E-state index is 0.651. The number of hydrogen-bond donors (Lipinski definition) is 1. The summed E-state index contributed by atoms with van der Waals surface area (Å²) in [6, 6.07) is 9.26. The standard InChI is InChI=1S/C13H19BrN2/c1-16-8-7-15-13(10-16)6-5-11-3-2-4-12(14)9-11/h2-4,9,13,15H,5-8,10H2,1H3. The van der Waals surface area contributed by atoms with Crippen LogP contribution in [-0.2, 0) is 6.42 Å². The lowest BCUT2D eigenvalue weighted by molar-refractivity contribution is 0.232. The molecule has 0 amide bonds. The summed E-state index contributed by atoms with van der Waals surface area (Å²) in [5.41, 5.74) is 1.42. The van der Waals surface area contributed by atoms with Crippen LogP contribution in [0.3, 0.4) is 0 Å². The lowest BCUT2D eigenvalue weighted by atomic mass is 10.0. The highest BCUT2D eigenvalue weighted by Crippen LogP contribution is 2.14. The molecule has 0 aliphatic carbocycles. The monoisotopic (exact) mass is 282 g/mol. The van der Waals surface area contributed by atoms with Crippen molar-refractivity contribution < 1.29 is 0 Å². The molecule has 1 aliphatic rings. The minimum Gasteiger partial charge on any atom is -0.311 e. The Kier molecular flexibility index (Phi) is 4.38. The van der Waals surface area contributed by atoms with Crippen molar-refractivity contribution >= 4 is 15.9 Å². The molecule has 1 saturated heterocycles. The van der Waals surface area contributed by atoms with E-state index in [0.29, 0.717) is 6.04 Å². The van der Waals surface area contributed by atoms with Gasteiger partial charge >= 0.3 is 0 Å². The highest BCUT2D eigenvalue weighted by molar-refractivity contribution is 9.10. The first-order chi connectivity index (χ1) is 7.74. The van der Waals surface area contributed by atoms with Crippen molar-refractivity contribution in [2.24, 2.45) is 0 Å². The molecular weight excluding hydrogens is 264 g/mol. The SMILES string of the molecule is CN1CCNC(CCc2cccc(Br)c2)C1. The van der Waals surface area contributed by atoms with Crippen molar-refractivity contribution in [2.45, 2.75) is 18.9 Å². The van der Waals surface area contributed by atoms with Crippen LogP contribution >= 0.6 is 15.9 Å². The molecule has 0 spiro atoms. The Morgan fingerprint density at radius 1 is 1.50 bits per heavy atom. The van der Waals surface area contributed by atoms with E-state index in [-0.39, 0.29) is 0 Å². The van der Waals surface area contributed by atoms with E-state index in [9.17, 15) is 0 Å². The molecule has 0 radical (unpaired) electrons. The summed E-state index contributed by atoms with van der Waals surface area (Å²) < 4.78 is 1.18. The van der Waals surface area contributed by atoms with Crippen LogP contribution in [0.15, 0.2) is 28.7 Å². The Hall–Kier alpha value is -0.380. The Labute approximate surface area is 106 Å². The molecule has 1 unspecified atom stereocenters. The normalized spacial score (nSPS) is 22.2. The van der Waals surface area contributed by atoms with Crippen molar-refractivity contribution in [3.63, 3.8) is 0 Å². The lowest BCUT2D eigenvalue weighted by Crippen LogP contribution is -2.49. The molecule has 1 aromatic rings. The second kappa shape index (κ2) is 5.80. The summed E-state index contributed by atoms with van der Waals surface area (Å²) in [5, 5.41) is 3.58. The average Bonchev–Trinajstić information content (AvgIpc) is 2.27. The van der Waals surface area contributed by atoms with E-state index in [0.717, 1.165) is 13.0 Å². The fraction of sp³-hybridized carbons (Fsp3) is 0.538. The van der Waals surface area contributed by atoms with E-state index >= 15 is 0 Å². The minimum atomic E-state index is 0.651. The molecule has 1 aromatic carbocycles. The van der Waals surface area contributed by atoms with Crippen LogP contribution in [0.25, 0.3) is 0 Å². The molecular formula is C13H19BrN2. The van der Waals surface area contributed by atoms with E-state index in [1.165, 1.54) is 29.5 Å². The van der Waals surface area contributed by atoms with Crippen molar-refractivity contribution in [3.8, 4) is 0 Å². The maximum absolute atomic E-state index is 3.58. The third-order valence-corrected chi connectivity index (χ3v) is 3.62. The molecule has 1 heterocycles. The number of halogens is 1. The van der Waals surface area contributed by atoms with Gasteiger partial charge in [-0.25, -0.2) is 0 Å². The molecule has 1 aliphatic heterocycles. The summed E-state index contributed by atoms with van der Waals surface area (Å²) >= 11 is 3.51. The van der Waals surface area contributed by atoms with Crippen LogP contribution in [0.1, 0.15) is 12.0 Å². The smallest absolute Gasteiger partial charge is 0.0198 e. The number of nitrogens with one attached hydrogen (secondary N) is 1. The molecule has 0 bridgehead atoms. The fourth-order valence-electron chi connectivity index (χ4n) is 2.22. The molecule has 16 heavy (non-hydrogen) atoms. The van der Waals surface area contributed by atoms with Crippen LogP contribution in [0.4, 0.5) is 0 Å². The zero-order chi connectivity index (χ0) is 11.4. The highest BCUT2D eigenvalue weighted by atomic mass is 79.9. The van der Waals surface area contributed by atoms with Crippen LogP contribution in [0.5, 0.6) is 0 Å². The highest BCUT2D eigenvalue weighted by Gasteiger charge is 2.15. The van der Waals surface area contributed by atoms with Gasteiger partial charge in [-0.2, -0.15) is 0 Å². The van der Waals surface area contributed by atoms with Gasteiger partial charge in [0.2, 0.25) is 0 Å². The van der Waals surface area contributed by atoms with E-state index in [1.807, 2.05) is 0 Å². The molecule has 1 N–H and O–H groups in total. The Morgan fingerprint density at radius 3 is 3.12 bits per heavy atom. The van der Waals surface area contributed by atoms with Crippen molar-refractivity contribution in [2.75, 3.05) is 26.7 Å². The first-order valence-electron chi connectivity index (χ1n) is 5.90. The maximum Gasteiger partial charge on any atom is 0.0198 e. The van der Waals surface area contributed by atoms with Crippen LogP contribution in [0.2, 0.25) is 0 Å². The van der Waals surface area contributed by atoms with Gasteiger partial charge in [0, 0.05) is 30.1 Å². The molecule has 3 heteroatoms. The largest absolute Gasteiger partial charge is 0.311 e. The maximum atomic E-state index is 3.58. The molecule has 1 fully saturated rings. The van der Waals surface area contributed by atoms with Gasteiger partial charge in [0.1, 0.15) is 0 Å². The zero-order valence-corrected chi connectivity index (χ0v) is 11.3. The van der Waals surface area contributed by atoms with Crippen molar-refractivity contribution in [1.82, 2.24) is 10.2 Å². The van der Waals surface area contributed by atoms with E-state index < -0.39 is 0 Å².